The number of rotatable bonds is 8. The number of aryl methyl sites for hydroxylation is 1. The molecule has 0 aliphatic carbocycles. The number of anilines is 2. The number of aliphatic hydroxyl groups excluding tert-OH is 3. The van der Waals surface area contributed by atoms with E-state index in [1.807, 2.05) is 19.1 Å². The maximum Gasteiger partial charge on any atom is 0.120 e. The zero-order chi connectivity index (χ0) is 20.2. The first-order valence-electron chi connectivity index (χ1n) is 8.84. The van der Waals surface area contributed by atoms with Gasteiger partial charge in [0.15, 0.2) is 0 Å². The van der Waals surface area contributed by atoms with Crippen LogP contribution in [-0.4, -0.2) is 57.9 Å². The number of nitrogens with one attached hydrogen (secondary N) is 2. The molecule has 1 unspecified atom stereocenters. The number of hydrogen-bond acceptors (Lipinski definition) is 7. The molecule has 1 atom stereocenters. The molecule has 0 radical (unpaired) electrons. The lowest BCUT2D eigenvalue weighted by Gasteiger charge is -2.12. The minimum Gasteiger partial charge on any atom is -0.508 e. The van der Waals surface area contributed by atoms with Gasteiger partial charge in [0, 0.05) is 42.7 Å². The molecule has 2 rings (SSSR count). The molecule has 0 saturated carbocycles. The summed E-state index contributed by atoms with van der Waals surface area (Å²) in [6, 6.07) is 10.6. The summed E-state index contributed by atoms with van der Waals surface area (Å²) in [5.41, 5.74) is 3.25. The summed E-state index contributed by atoms with van der Waals surface area (Å²) in [5, 5.41) is 51.0. The van der Waals surface area contributed by atoms with E-state index in [1.165, 1.54) is 0 Å². The highest BCUT2D eigenvalue weighted by atomic mass is 16.3. The second kappa shape index (κ2) is 12.0. The van der Waals surface area contributed by atoms with Gasteiger partial charge in [0.1, 0.15) is 11.5 Å². The molecular formula is C20H30N2O5. The van der Waals surface area contributed by atoms with Gasteiger partial charge in [0.25, 0.3) is 0 Å². The van der Waals surface area contributed by atoms with E-state index in [9.17, 15) is 10.2 Å². The van der Waals surface area contributed by atoms with Crippen LogP contribution in [0.4, 0.5) is 11.4 Å². The fourth-order valence-electron chi connectivity index (χ4n) is 2.14. The van der Waals surface area contributed by atoms with E-state index in [0.29, 0.717) is 12.2 Å². The quantitative estimate of drug-likeness (QED) is 0.350. The highest BCUT2D eigenvalue weighted by molar-refractivity contribution is 5.56. The minimum atomic E-state index is -0.781. The molecule has 7 N–H and O–H groups in total. The van der Waals surface area contributed by atoms with Crippen molar-refractivity contribution >= 4 is 11.4 Å². The molecule has 0 aromatic heterocycles. The van der Waals surface area contributed by atoms with Crippen molar-refractivity contribution in [1.82, 2.24) is 0 Å². The summed E-state index contributed by atoms with van der Waals surface area (Å²) in [5.74, 6) is 0.516. The van der Waals surface area contributed by atoms with E-state index in [2.05, 4.69) is 10.6 Å². The van der Waals surface area contributed by atoms with Crippen molar-refractivity contribution in [1.29, 1.82) is 0 Å². The highest BCUT2D eigenvalue weighted by Crippen LogP contribution is 2.23. The Bertz CT molecular complexity index is 694. The van der Waals surface area contributed by atoms with Crippen molar-refractivity contribution in [3.63, 3.8) is 0 Å². The standard InChI is InChI=1S/C10H15NO3.C10H15NO2/c1-7-9(3-2-4-10(7)14)11-5-8(13)6-12;1-8-3-4-9(7-10(8)13)11-5-2-6-12/h2-4,8,11-14H,5-6H2,1H3;3-4,7,11-13H,2,5-6H2,1H3. The predicted molar refractivity (Wildman–Crippen MR) is 107 cm³/mol. The van der Waals surface area contributed by atoms with E-state index >= 15 is 0 Å². The second-order valence-corrected chi connectivity index (χ2v) is 6.17. The number of phenols is 2. The first-order chi connectivity index (χ1) is 12.9. The molecule has 7 nitrogen and oxygen atoms in total. The van der Waals surface area contributed by atoms with Gasteiger partial charge in [0.05, 0.1) is 12.7 Å². The monoisotopic (exact) mass is 378 g/mol. The lowest BCUT2D eigenvalue weighted by atomic mass is 10.2. The van der Waals surface area contributed by atoms with Crippen LogP contribution in [0.3, 0.4) is 0 Å². The molecule has 0 bridgehead atoms. The second-order valence-electron chi connectivity index (χ2n) is 6.17. The maximum atomic E-state index is 9.37. The Morgan fingerprint density at radius 3 is 2.33 bits per heavy atom. The fourth-order valence-corrected chi connectivity index (χ4v) is 2.14. The van der Waals surface area contributed by atoms with Crippen molar-refractivity contribution in [3.05, 3.63) is 47.5 Å². The molecule has 0 spiro atoms. The van der Waals surface area contributed by atoms with E-state index in [0.717, 1.165) is 29.0 Å². The molecule has 0 saturated heterocycles. The van der Waals surface area contributed by atoms with E-state index in [-0.39, 0.29) is 25.5 Å². The molecule has 0 amide bonds. The summed E-state index contributed by atoms with van der Waals surface area (Å²) in [7, 11) is 0. The Hall–Kier alpha value is -2.48. The summed E-state index contributed by atoms with van der Waals surface area (Å²) < 4.78 is 0. The first kappa shape index (κ1) is 22.6. The van der Waals surface area contributed by atoms with Gasteiger partial charge in [-0.15, -0.1) is 0 Å². The average molecular weight is 378 g/mol. The molecule has 7 heteroatoms. The molecule has 150 valence electrons. The van der Waals surface area contributed by atoms with Crippen molar-refractivity contribution < 1.29 is 25.5 Å². The zero-order valence-electron chi connectivity index (χ0n) is 15.8. The minimum absolute atomic E-state index is 0.185. The lowest BCUT2D eigenvalue weighted by Crippen LogP contribution is -2.23. The molecule has 0 fully saturated rings. The SMILES string of the molecule is Cc1c(O)cccc1NCC(O)CO.Cc1ccc(NCCCO)cc1O. The molecule has 0 heterocycles. The lowest BCUT2D eigenvalue weighted by molar-refractivity contribution is 0.105. The summed E-state index contributed by atoms with van der Waals surface area (Å²) in [6.45, 7) is 4.53. The highest BCUT2D eigenvalue weighted by Gasteiger charge is 2.05. The van der Waals surface area contributed by atoms with Gasteiger partial charge in [-0.2, -0.15) is 0 Å². The van der Waals surface area contributed by atoms with Gasteiger partial charge in [-0.1, -0.05) is 12.1 Å². The van der Waals surface area contributed by atoms with Crippen LogP contribution in [0.1, 0.15) is 17.5 Å². The molecule has 0 aliphatic heterocycles. The van der Waals surface area contributed by atoms with Crippen molar-refractivity contribution in [3.8, 4) is 11.5 Å². The van der Waals surface area contributed by atoms with Gasteiger partial charge >= 0.3 is 0 Å². The zero-order valence-corrected chi connectivity index (χ0v) is 15.8. The first-order valence-corrected chi connectivity index (χ1v) is 8.84. The fraction of sp³-hybridized carbons (Fsp3) is 0.400. The van der Waals surface area contributed by atoms with Crippen LogP contribution in [0.2, 0.25) is 0 Å². The van der Waals surface area contributed by atoms with E-state index in [4.69, 9.17) is 15.3 Å². The third-order valence-electron chi connectivity index (χ3n) is 3.92. The third kappa shape index (κ3) is 8.17. The van der Waals surface area contributed by atoms with Crippen LogP contribution in [0, 0.1) is 13.8 Å². The van der Waals surface area contributed by atoms with Crippen molar-refractivity contribution in [2.75, 3.05) is 36.9 Å². The Morgan fingerprint density at radius 2 is 1.70 bits per heavy atom. The predicted octanol–water partition coefficient (Wildman–Crippen LogP) is 1.96. The Labute approximate surface area is 159 Å². The smallest absolute Gasteiger partial charge is 0.120 e. The molecule has 2 aromatic carbocycles. The molecule has 0 aliphatic rings. The Balaban J connectivity index is 0.000000271. The Morgan fingerprint density at radius 1 is 0.963 bits per heavy atom. The van der Waals surface area contributed by atoms with Gasteiger partial charge in [0.2, 0.25) is 0 Å². The summed E-state index contributed by atoms with van der Waals surface area (Å²) in [6.07, 6.45) is -0.0639. The number of aromatic hydroxyl groups is 2. The van der Waals surface area contributed by atoms with Crippen LogP contribution in [-0.2, 0) is 0 Å². The molecular weight excluding hydrogens is 348 g/mol. The third-order valence-corrected chi connectivity index (χ3v) is 3.92. The number of hydrogen-bond donors (Lipinski definition) is 7. The molecule has 2 aromatic rings. The summed E-state index contributed by atoms with van der Waals surface area (Å²) >= 11 is 0. The van der Waals surface area contributed by atoms with Gasteiger partial charge in [-0.25, -0.2) is 0 Å². The van der Waals surface area contributed by atoms with E-state index < -0.39 is 6.10 Å². The van der Waals surface area contributed by atoms with Crippen LogP contribution < -0.4 is 10.6 Å². The number of phenolic OH excluding ortho intramolecular Hbond substituents is 2. The van der Waals surface area contributed by atoms with Gasteiger partial charge < -0.3 is 36.2 Å². The van der Waals surface area contributed by atoms with Crippen molar-refractivity contribution in [2.24, 2.45) is 0 Å². The number of benzene rings is 2. The van der Waals surface area contributed by atoms with Gasteiger partial charge in [-0.3, -0.25) is 0 Å². The van der Waals surface area contributed by atoms with Crippen LogP contribution in [0.5, 0.6) is 11.5 Å². The average Bonchev–Trinajstić information content (AvgIpc) is 2.66. The molecule has 27 heavy (non-hydrogen) atoms. The van der Waals surface area contributed by atoms with Crippen LogP contribution in [0.15, 0.2) is 36.4 Å². The number of aliphatic hydroxyl groups is 3. The van der Waals surface area contributed by atoms with Crippen LogP contribution in [0.25, 0.3) is 0 Å². The summed E-state index contributed by atoms with van der Waals surface area (Å²) in [4.78, 5) is 0. The normalized spacial score (nSPS) is 11.3. The topological polar surface area (TPSA) is 125 Å². The van der Waals surface area contributed by atoms with Crippen LogP contribution >= 0.6 is 0 Å². The largest absolute Gasteiger partial charge is 0.508 e. The van der Waals surface area contributed by atoms with Crippen molar-refractivity contribution in [2.45, 2.75) is 26.4 Å². The Kier molecular flexibility index (Phi) is 10.0. The van der Waals surface area contributed by atoms with Gasteiger partial charge in [-0.05, 0) is 44.0 Å². The maximum absolute atomic E-state index is 9.37. The van der Waals surface area contributed by atoms with E-state index in [1.54, 1.807) is 31.2 Å².